The van der Waals surface area contributed by atoms with Crippen molar-refractivity contribution in [1.82, 2.24) is 0 Å². The van der Waals surface area contributed by atoms with Gasteiger partial charge in [-0.05, 0) is 84.3 Å². The van der Waals surface area contributed by atoms with Gasteiger partial charge in [-0.2, -0.15) is 16.8 Å². The van der Waals surface area contributed by atoms with Crippen LogP contribution < -0.4 is 17.8 Å². The molecule has 0 aliphatic carbocycles. The summed E-state index contributed by atoms with van der Waals surface area (Å²) in [7, 11) is -7.54. The van der Waals surface area contributed by atoms with Gasteiger partial charge in [0, 0.05) is 0 Å². The average Bonchev–Trinajstić information content (AvgIpc) is 3.01. The lowest BCUT2D eigenvalue weighted by molar-refractivity contribution is 0.335. The number of hydrogen-bond donors (Lipinski definition) is 0. The molecule has 8 nitrogen and oxygen atoms in total. The fourth-order valence-electron chi connectivity index (χ4n) is 4.98. The van der Waals surface area contributed by atoms with E-state index in [0.29, 0.717) is 11.5 Å². The number of ether oxygens (including phenoxy) is 2. The van der Waals surface area contributed by atoms with Crippen molar-refractivity contribution in [2.45, 2.75) is 38.5 Å². The van der Waals surface area contributed by atoms with Crippen LogP contribution in [0.25, 0.3) is 0 Å². The summed E-state index contributed by atoms with van der Waals surface area (Å²) in [4.78, 5) is 0. The molecule has 234 valence electrons. The Labute approximate surface area is 260 Å². The van der Waals surface area contributed by atoms with E-state index in [1.165, 1.54) is 0 Å². The summed E-state index contributed by atoms with van der Waals surface area (Å²) in [6, 6.07) is 32.3. The van der Waals surface area contributed by atoms with Crippen LogP contribution in [0.4, 0.5) is 0 Å². The molecule has 0 spiro atoms. The number of rotatable bonds is 17. The summed E-state index contributed by atoms with van der Waals surface area (Å²) in [5, 5.41) is 0. The van der Waals surface area contributed by atoms with Crippen LogP contribution in [0.1, 0.15) is 49.7 Å². The lowest BCUT2D eigenvalue weighted by Gasteiger charge is -2.26. The first-order valence-corrected chi connectivity index (χ1v) is 17.7. The summed E-state index contributed by atoms with van der Waals surface area (Å²) >= 11 is 0. The zero-order valence-corrected chi connectivity index (χ0v) is 26.5. The minimum Gasteiger partial charge on any atom is -0.492 e. The van der Waals surface area contributed by atoms with Gasteiger partial charge in [0.1, 0.15) is 47.7 Å². The lowest BCUT2D eigenvalue weighted by atomic mass is 9.78. The molecule has 0 bridgehead atoms. The fourth-order valence-corrected chi connectivity index (χ4v) is 6.53. The van der Waals surface area contributed by atoms with E-state index < -0.39 is 20.2 Å². The second kappa shape index (κ2) is 15.6. The van der Waals surface area contributed by atoms with Crippen LogP contribution in [-0.4, -0.2) is 41.6 Å². The summed E-state index contributed by atoms with van der Waals surface area (Å²) < 4.78 is 70.6. The largest absolute Gasteiger partial charge is 0.492 e. The standard InChI is InChI=1S/C34H38O8S2/c1-3-33(27-15-19-29(20-16-27)39-23-25-43(35,36)41-31-11-7-5-8-12-31)34(4-2)28-17-21-30(22-18-28)40-24-26-44(37,38)42-32-13-9-6-10-14-32/h5-22,33-34H,3-4,23-26H2,1-2H3/t33-,34+. The van der Waals surface area contributed by atoms with Gasteiger partial charge in [-0.3, -0.25) is 0 Å². The van der Waals surface area contributed by atoms with E-state index in [2.05, 4.69) is 13.8 Å². The van der Waals surface area contributed by atoms with Crippen LogP contribution >= 0.6 is 0 Å². The molecule has 4 aromatic rings. The van der Waals surface area contributed by atoms with Crippen molar-refractivity contribution in [3.63, 3.8) is 0 Å². The van der Waals surface area contributed by atoms with Gasteiger partial charge < -0.3 is 17.8 Å². The van der Waals surface area contributed by atoms with Gasteiger partial charge in [-0.1, -0.05) is 74.5 Å². The lowest BCUT2D eigenvalue weighted by Crippen LogP contribution is -2.19. The molecule has 0 aromatic heterocycles. The number of benzene rings is 4. The molecule has 10 heteroatoms. The van der Waals surface area contributed by atoms with Gasteiger partial charge in [0.25, 0.3) is 0 Å². The van der Waals surface area contributed by atoms with Crippen molar-refractivity contribution < 1.29 is 34.7 Å². The molecule has 2 atom stereocenters. The Morgan fingerprint density at radius 2 is 0.818 bits per heavy atom. The van der Waals surface area contributed by atoms with Crippen molar-refractivity contribution in [2.24, 2.45) is 0 Å². The van der Waals surface area contributed by atoms with E-state index in [4.69, 9.17) is 17.8 Å². The zero-order valence-electron chi connectivity index (χ0n) is 24.9. The molecule has 0 heterocycles. The van der Waals surface area contributed by atoms with Gasteiger partial charge >= 0.3 is 20.2 Å². The maximum atomic E-state index is 12.3. The first-order chi connectivity index (χ1) is 21.2. The Hall–Kier alpha value is -4.02. The van der Waals surface area contributed by atoms with Crippen LogP contribution in [0.15, 0.2) is 109 Å². The molecule has 44 heavy (non-hydrogen) atoms. The van der Waals surface area contributed by atoms with Gasteiger partial charge in [-0.15, -0.1) is 0 Å². The van der Waals surface area contributed by atoms with E-state index in [-0.39, 0.29) is 48.1 Å². The molecule has 4 aromatic carbocycles. The molecule has 0 unspecified atom stereocenters. The molecule has 4 rings (SSSR count). The smallest absolute Gasteiger partial charge is 0.312 e. The van der Waals surface area contributed by atoms with E-state index in [0.717, 1.165) is 24.0 Å². The Morgan fingerprint density at radius 1 is 0.477 bits per heavy atom. The maximum absolute atomic E-state index is 12.3. The first kappa shape index (κ1) is 32.9. The van der Waals surface area contributed by atoms with Crippen LogP contribution in [0, 0.1) is 0 Å². The average molecular weight is 639 g/mol. The molecule has 0 saturated carbocycles. The van der Waals surface area contributed by atoms with Crippen molar-refractivity contribution in [1.29, 1.82) is 0 Å². The van der Waals surface area contributed by atoms with Gasteiger partial charge in [-0.25, -0.2) is 0 Å². The van der Waals surface area contributed by atoms with Crippen LogP contribution in [0.3, 0.4) is 0 Å². The molecule has 0 N–H and O–H groups in total. The van der Waals surface area contributed by atoms with Crippen molar-refractivity contribution in [2.75, 3.05) is 24.7 Å². The first-order valence-electron chi connectivity index (χ1n) is 14.6. The Kier molecular flexibility index (Phi) is 11.7. The summed E-state index contributed by atoms with van der Waals surface area (Å²) in [6.07, 6.45) is 1.84. The van der Waals surface area contributed by atoms with Crippen LogP contribution in [0.2, 0.25) is 0 Å². The van der Waals surface area contributed by atoms with E-state index in [1.807, 2.05) is 48.5 Å². The third-order valence-electron chi connectivity index (χ3n) is 7.12. The summed E-state index contributed by atoms with van der Waals surface area (Å²) in [5.74, 6) is 1.69. The van der Waals surface area contributed by atoms with E-state index >= 15 is 0 Å². The molecule has 0 fully saturated rings. The minimum absolute atomic E-state index is 0.0241. The highest BCUT2D eigenvalue weighted by molar-refractivity contribution is 7.87. The normalized spacial score (nSPS) is 13.0. The van der Waals surface area contributed by atoms with Crippen molar-refractivity contribution in [3.05, 3.63) is 120 Å². The highest BCUT2D eigenvalue weighted by Crippen LogP contribution is 2.39. The van der Waals surface area contributed by atoms with E-state index in [1.54, 1.807) is 60.7 Å². The fraction of sp³-hybridized carbons (Fsp3) is 0.294. The highest BCUT2D eigenvalue weighted by atomic mass is 32.2. The predicted octanol–water partition coefficient (Wildman–Crippen LogP) is 6.95. The van der Waals surface area contributed by atoms with Crippen LogP contribution in [0.5, 0.6) is 23.0 Å². The summed E-state index contributed by atoms with van der Waals surface area (Å²) in [5.41, 5.74) is 2.33. The maximum Gasteiger partial charge on any atom is 0.312 e. The van der Waals surface area contributed by atoms with Crippen LogP contribution in [-0.2, 0) is 20.2 Å². The molecular formula is C34H38O8S2. The Bertz CT molecular complexity index is 1510. The van der Waals surface area contributed by atoms with Crippen molar-refractivity contribution in [3.8, 4) is 23.0 Å². The highest BCUT2D eigenvalue weighted by Gasteiger charge is 2.22. The number of para-hydroxylation sites is 2. The monoisotopic (exact) mass is 638 g/mol. The zero-order chi connectivity index (χ0) is 31.4. The summed E-state index contributed by atoms with van der Waals surface area (Å²) in [6.45, 7) is 4.27. The molecular weight excluding hydrogens is 601 g/mol. The topological polar surface area (TPSA) is 105 Å². The van der Waals surface area contributed by atoms with Crippen molar-refractivity contribution >= 4 is 20.2 Å². The SMILES string of the molecule is CC[C@H](c1ccc(OCCS(=O)(=O)Oc2ccccc2)cc1)[C@@H](CC)c1ccc(OCCS(=O)(=O)Oc2ccccc2)cc1. The number of hydrogen-bond acceptors (Lipinski definition) is 8. The third-order valence-corrected chi connectivity index (χ3v) is 9.34. The van der Waals surface area contributed by atoms with Gasteiger partial charge in [0.05, 0.1) is 0 Å². The quantitative estimate of drug-likeness (QED) is 0.115. The Morgan fingerprint density at radius 3 is 1.14 bits per heavy atom. The van der Waals surface area contributed by atoms with Gasteiger partial charge in [0.2, 0.25) is 0 Å². The Balaban J connectivity index is 1.29. The van der Waals surface area contributed by atoms with E-state index in [9.17, 15) is 16.8 Å². The predicted molar refractivity (Wildman–Crippen MR) is 172 cm³/mol. The molecule has 0 amide bonds. The second-order valence-electron chi connectivity index (χ2n) is 10.2. The minimum atomic E-state index is -3.77. The third kappa shape index (κ3) is 10.0. The molecule has 0 saturated heterocycles. The second-order valence-corrected chi connectivity index (χ2v) is 13.6. The molecule has 0 radical (unpaired) electrons. The molecule has 0 aliphatic rings. The molecule has 0 aliphatic heterocycles. The van der Waals surface area contributed by atoms with Gasteiger partial charge in [0.15, 0.2) is 0 Å².